The predicted octanol–water partition coefficient (Wildman–Crippen LogP) is 3.01. The number of hydroxylamine groups is 1. The summed E-state index contributed by atoms with van der Waals surface area (Å²) in [6.45, 7) is 4.63. The van der Waals surface area contributed by atoms with Gasteiger partial charge in [-0.15, -0.1) is 0 Å². The van der Waals surface area contributed by atoms with Crippen LogP contribution in [0.4, 0.5) is 0 Å². The third-order valence-corrected chi connectivity index (χ3v) is 4.11. The van der Waals surface area contributed by atoms with Crippen molar-refractivity contribution in [1.29, 1.82) is 0 Å². The van der Waals surface area contributed by atoms with Crippen LogP contribution in [0, 0.1) is 17.3 Å². The average molecular weight is 207 g/mol. The molecule has 1 unspecified atom stereocenters. The molecule has 0 aromatic rings. The van der Waals surface area contributed by atoms with Crippen LogP contribution in [0.3, 0.4) is 0 Å². The van der Waals surface area contributed by atoms with Crippen molar-refractivity contribution in [3.05, 3.63) is 11.8 Å². The second kappa shape index (κ2) is 3.24. The van der Waals surface area contributed by atoms with Crippen molar-refractivity contribution in [1.82, 2.24) is 5.48 Å². The van der Waals surface area contributed by atoms with Crippen molar-refractivity contribution in [2.75, 3.05) is 0 Å². The highest BCUT2D eigenvalue weighted by Gasteiger charge is 2.44. The molecule has 0 aromatic heterocycles. The van der Waals surface area contributed by atoms with Gasteiger partial charge in [0.15, 0.2) is 0 Å². The van der Waals surface area contributed by atoms with Crippen LogP contribution in [0.15, 0.2) is 11.8 Å². The van der Waals surface area contributed by atoms with E-state index in [0.717, 1.165) is 5.92 Å². The van der Waals surface area contributed by atoms with Crippen molar-refractivity contribution in [2.24, 2.45) is 17.3 Å². The zero-order valence-electron chi connectivity index (χ0n) is 9.75. The number of hydrogen-bond acceptors (Lipinski definition) is 2. The van der Waals surface area contributed by atoms with E-state index in [0.29, 0.717) is 17.4 Å². The van der Waals surface area contributed by atoms with Crippen LogP contribution in [0.25, 0.3) is 0 Å². The van der Waals surface area contributed by atoms with E-state index in [1.54, 1.807) is 0 Å². The topological polar surface area (TPSA) is 21.3 Å². The van der Waals surface area contributed by atoms with E-state index in [-0.39, 0.29) is 0 Å². The molecule has 2 fully saturated rings. The third-order valence-electron chi connectivity index (χ3n) is 4.11. The number of hydrogen-bond donors (Lipinski definition) is 1. The Kier molecular flexibility index (Phi) is 2.10. The second-order valence-corrected chi connectivity index (χ2v) is 6.12. The summed E-state index contributed by atoms with van der Waals surface area (Å²) in [5.41, 5.74) is 3.58. The minimum Gasteiger partial charge on any atom is -0.413 e. The molecule has 3 rings (SSSR count). The molecule has 2 aliphatic carbocycles. The molecule has 3 aliphatic rings. The van der Waals surface area contributed by atoms with Gasteiger partial charge >= 0.3 is 0 Å². The maximum atomic E-state index is 5.70. The number of nitrogens with one attached hydrogen (secondary N) is 1. The summed E-state index contributed by atoms with van der Waals surface area (Å²) < 4.78 is 0. The fourth-order valence-corrected chi connectivity index (χ4v) is 3.04. The van der Waals surface area contributed by atoms with Crippen molar-refractivity contribution < 1.29 is 4.84 Å². The Morgan fingerprint density at radius 2 is 2.13 bits per heavy atom. The summed E-state index contributed by atoms with van der Waals surface area (Å²) in [6, 6.07) is 0.616. The number of allylic oxidation sites excluding steroid dienone is 1. The standard InChI is InChI=1S/C13H21NO/c1-13(2)7-3-4-10-11(8-13)15-14-12(10)9-5-6-9/h8-10,12,14H,3-7H2,1-2H3/t10?,12-/m1/s1. The van der Waals surface area contributed by atoms with Gasteiger partial charge in [-0.1, -0.05) is 20.3 Å². The molecular weight excluding hydrogens is 186 g/mol. The lowest BCUT2D eigenvalue weighted by atomic mass is 9.88. The molecule has 2 heteroatoms. The zero-order chi connectivity index (χ0) is 10.5. The largest absolute Gasteiger partial charge is 0.413 e. The Balaban J connectivity index is 1.83. The second-order valence-electron chi connectivity index (χ2n) is 6.12. The summed E-state index contributed by atoms with van der Waals surface area (Å²) in [5.74, 6) is 2.79. The third kappa shape index (κ3) is 1.80. The first-order chi connectivity index (χ1) is 7.16. The van der Waals surface area contributed by atoms with Gasteiger partial charge in [-0.05, 0) is 43.1 Å². The summed E-state index contributed by atoms with van der Waals surface area (Å²) in [5, 5.41) is 0. The Bertz CT molecular complexity index is 291. The first-order valence-electron chi connectivity index (χ1n) is 6.31. The van der Waals surface area contributed by atoms with Gasteiger partial charge in [-0.3, -0.25) is 0 Å². The molecule has 1 aliphatic heterocycles. The maximum absolute atomic E-state index is 5.70. The highest BCUT2D eigenvalue weighted by molar-refractivity contribution is 5.14. The highest BCUT2D eigenvalue weighted by atomic mass is 16.7. The summed E-state index contributed by atoms with van der Waals surface area (Å²) >= 11 is 0. The van der Waals surface area contributed by atoms with Crippen LogP contribution in [-0.4, -0.2) is 6.04 Å². The van der Waals surface area contributed by atoms with Crippen molar-refractivity contribution >= 4 is 0 Å². The Labute approximate surface area is 92.0 Å². The molecule has 84 valence electrons. The van der Waals surface area contributed by atoms with Crippen LogP contribution in [0.5, 0.6) is 0 Å². The Morgan fingerprint density at radius 3 is 2.87 bits per heavy atom. The molecule has 0 bridgehead atoms. The summed E-state index contributed by atoms with van der Waals surface area (Å²) in [7, 11) is 0. The Morgan fingerprint density at radius 1 is 1.33 bits per heavy atom. The van der Waals surface area contributed by atoms with Crippen LogP contribution in [0.2, 0.25) is 0 Å². The number of fused-ring (bicyclic) bond motifs is 1. The van der Waals surface area contributed by atoms with Crippen molar-refractivity contribution in [2.45, 2.75) is 52.0 Å². The molecule has 0 spiro atoms. The zero-order valence-corrected chi connectivity index (χ0v) is 9.75. The lowest BCUT2D eigenvalue weighted by Gasteiger charge is -2.18. The van der Waals surface area contributed by atoms with Gasteiger partial charge in [0.25, 0.3) is 0 Å². The van der Waals surface area contributed by atoms with Gasteiger partial charge in [-0.2, -0.15) is 5.48 Å². The summed E-state index contributed by atoms with van der Waals surface area (Å²) in [6.07, 6.45) is 9.10. The van der Waals surface area contributed by atoms with Gasteiger partial charge in [0.1, 0.15) is 5.76 Å². The quantitative estimate of drug-likeness (QED) is 0.713. The minimum atomic E-state index is 0.324. The van der Waals surface area contributed by atoms with Crippen LogP contribution in [-0.2, 0) is 4.84 Å². The molecule has 2 atom stereocenters. The van der Waals surface area contributed by atoms with Gasteiger partial charge in [0.2, 0.25) is 0 Å². The predicted molar refractivity (Wildman–Crippen MR) is 59.9 cm³/mol. The molecule has 1 N–H and O–H groups in total. The monoisotopic (exact) mass is 207 g/mol. The van der Waals surface area contributed by atoms with Gasteiger partial charge < -0.3 is 4.84 Å². The van der Waals surface area contributed by atoms with Crippen molar-refractivity contribution in [3.63, 3.8) is 0 Å². The van der Waals surface area contributed by atoms with E-state index >= 15 is 0 Å². The SMILES string of the molecule is CC1(C)C=C2ON[C@H](C3CC3)C2CCC1. The van der Waals surface area contributed by atoms with E-state index < -0.39 is 0 Å². The van der Waals surface area contributed by atoms with Crippen LogP contribution >= 0.6 is 0 Å². The lowest BCUT2D eigenvalue weighted by Crippen LogP contribution is -2.28. The summed E-state index contributed by atoms with van der Waals surface area (Å²) in [4.78, 5) is 5.70. The molecule has 1 heterocycles. The van der Waals surface area contributed by atoms with Gasteiger partial charge in [-0.25, -0.2) is 0 Å². The van der Waals surface area contributed by atoms with E-state index in [4.69, 9.17) is 4.84 Å². The maximum Gasteiger partial charge on any atom is 0.125 e. The lowest BCUT2D eigenvalue weighted by molar-refractivity contribution is 0.126. The average Bonchev–Trinajstić information content (AvgIpc) is 2.93. The molecule has 2 nitrogen and oxygen atoms in total. The first kappa shape index (κ1) is 9.71. The van der Waals surface area contributed by atoms with E-state index in [1.807, 2.05) is 0 Å². The molecule has 1 saturated carbocycles. The van der Waals surface area contributed by atoms with Gasteiger partial charge in [0, 0.05) is 5.92 Å². The van der Waals surface area contributed by atoms with Crippen LogP contribution in [0.1, 0.15) is 46.0 Å². The smallest absolute Gasteiger partial charge is 0.125 e. The Hall–Kier alpha value is -0.500. The molecule has 1 saturated heterocycles. The fourth-order valence-electron chi connectivity index (χ4n) is 3.04. The molecule has 0 amide bonds. The van der Waals surface area contributed by atoms with E-state index in [1.165, 1.54) is 37.9 Å². The fraction of sp³-hybridized carbons (Fsp3) is 0.846. The molecule has 0 aromatic carbocycles. The van der Waals surface area contributed by atoms with Crippen LogP contribution < -0.4 is 5.48 Å². The molecule has 0 radical (unpaired) electrons. The van der Waals surface area contributed by atoms with Gasteiger partial charge in [0.05, 0.1) is 6.04 Å². The van der Waals surface area contributed by atoms with E-state index in [9.17, 15) is 0 Å². The first-order valence-corrected chi connectivity index (χ1v) is 6.31. The molecule has 15 heavy (non-hydrogen) atoms. The normalized spacial score (nSPS) is 38.9. The number of rotatable bonds is 1. The highest BCUT2D eigenvalue weighted by Crippen LogP contribution is 2.45. The minimum absolute atomic E-state index is 0.324. The van der Waals surface area contributed by atoms with Crippen molar-refractivity contribution in [3.8, 4) is 0 Å². The molecular formula is C13H21NO. The van der Waals surface area contributed by atoms with E-state index in [2.05, 4.69) is 25.4 Å².